The van der Waals surface area contributed by atoms with Gasteiger partial charge in [-0.1, -0.05) is 68.4 Å². The lowest BCUT2D eigenvalue weighted by atomic mass is 9.80. The highest BCUT2D eigenvalue weighted by atomic mass is 19.1. The summed E-state index contributed by atoms with van der Waals surface area (Å²) in [6, 6.07) is 19.9. The van der Waals surface area contributed by atoms with Gasteiger partial charge >= 0.3 is 6.09 Å². The Kier molecular flexibility index (Phi) is 9.73. The van der Waals surface area contributed by atoms with E-state index >= 15 is 0 Å². The Morgan fingerprint density at radius 2 is 1.66 bits per heavy atom. The zero-order valence-electron chi connectivity index (χ0n) is 23.6. The van der Waals surface area contributed by atoms with Crippen LogP contribution in [0, 0.1) is 11.6 Å². The monoisotopic (exact) mass is 565 g/mol. The molecule has 3 N–H and O–H groups in total. The lowest BCUT2D eigenvalue weighted by molar-refractivity contribution is -0.120. The molecule has 2 atom stereocenters. The van der Waals surface area contributed by atoms with Gasteiger partial charge in [0, 0.05) is 32.6 Å². The number of ether oxygens (including phenoxy) is 1. The normalized spacial score (nSPS) is 15.6. The van der Waals surface area contributed by atoms with Crippen LogP contribution < -0.4 is 10.6 Å². The molecular weight excluding hydrogens is 528 g/mol. The number of rotatable bonds is 11. The highest BCUT2D eigenvalue weighted by molar-refractivity contribution is 5.73. The molecule has 3 aromatic carbocycles. The third kappa shape index (κ3) is 7.89. The van der Waals surface area contributed by atoms with E-state index in [4.69, 9.17) is 4.74 Å². The van der Waals surface area contributed by atoms with Crippen molar-refractivity contribution in [2.24, 2.45) is 0 Å². The van der Waals surface area contributed by atoms with E-state index in [-0.39, 0.29) is 25.5 Å². The molecule has 1 fully saturated rings. The molecule has 2 amide bonds. The number of halogens is 2. The second kappa shape index (κ2) is 13.2. The van der Waals surface area contributed by atoms with Crippen molar-refractivity contribution in [1.29, 1.82) is 0 Å². The zero-order valence-corrected chi connectivity index (χ0v) is 23.6. The number of aliphatic hydroxyl groups excluding tert-OH is 1. The Balaban J connectivity index is 1.48. The highest BCUT2D eigenvalue weighted by Crippen LogP contribution is 2.34. The number of nitrogens with one attached hydrogen (secondary N) is 2. The van der Waals surface area contributed by atoms with Crippen molar-refractivity contribution in [3.05, 3.63) is 107 Å². The largest absolute Gasteiger partial charge is 0.445 e. The SMILES string of the molecule is CC(=O)N[C@@H](Cc1cc(F)cc(F)c1)[C@H](O)CNC1(c2cccc(C(C)C)c2)CN(C(=O)OCc2ccccc2)C1. The zero-order chi connectivity index (χ0) is 29.6. The van der Waals surface area contributed by atoms with Gasteiger partial charge in [-0.25, -0.2) is 13.6 Å². The van der Waals surface area contributed by atoms with Gasteiger partial charge in [0.1, 0.15) is 18.2 Å². The van der Waals surface area contributed by atoms with Gasteiger partial charge in [-0.2, -0.15) is 0 Å². The van der Waals surface area contributed by atoms with Crippen LogP contribution in [0.3, 0.4) is 0 Å². The lowest BCUT2D eigenvalue weighted by Crippen LogP contribution is -2.69. The fourth-order valence-corrected chi connectivity index (χ4v) is 5.11. The van der Waals surface area contributed by atoms with Crippen LogP contribution in [0.15, 0.2) is 72.8 Å². The molecule has 218 valence electrons. The van der Waals surface area contributed by atoms with Crippen molar-refractivity contribution in [2.45, 2.75) is 57.4 Å². The summed E-state index contributed by atoms with van der Waals surface area (Å²) in [5, 5.41) is 17.3. The number of hydrogen-bond acceptors (Lipinski definition) is 5. The third-order valence-electron chi connectivity index (χ3n) is 7.37. The number of hydrogen-bond donors (Lipinski definition) is 3. The van der Waals surface area contributed by atoms with Crippen LogP contribution in [-0.2, 0) is 28.1 Å². The number of aliphatic hydroxyl groups is 1. The molecule has 0 aliphatic carbocycles. The second-order valence-corrected chi connectivity index (χ2v) is 11.0. The molecule has 1 aliphatic heterocycles. The van der Waals surface area contributed by atoms with Crippen LogP contribution in [0.25, 0.3) is 0 Å². The summed E-state index contributed by atoms with van der Waals surface area (Å²) in [5.41, 5.74) is 2.64. The van der Waals surface area contributed by atoms with Gasteiger partial charge in [-0.3, -0.25) is 4.79 Å². The maximum atomic E-state index is 13.8. The molecular formula is C32H37F2N3O4. The van der Waals surface area contributed by atoms with Gasteiger partial charge in [0.05, 0.1) is 17.7 Å². The molecule has 3 aromatic rings. The van der Waals surface area contributed by atoms with E-state index in [1.165, 1.54) is 19.1 Å². The van der Waals surface area contributed by atoms with Crippen molar-refractivity contribution < 1.29 is 28.2 Å². The van der Waals surface area contributed by atoms with E-state index in [1.807, 2.05) is 48.5 Å². The molecule has 7 nitrogen and oxygen atoms in total. The summed E-state index contributed by atoms with van der Waals surface area (Å²) in [7, 11) is 0. The topological polar surface area (TPSA) is 90.9 Å². The van der Waals surface area contributed by atoms with Crippen LogP contribution >= 0.6 is 0 Å². The van der Waals surface area contributed by atoms with E-state index in [2.05, 4.69) is 30.5 Å². The maximum Gasteiger partial charge on any atom is 0.410 e. The van der Waals surface area contributed by atoms with E-state index in [0.717, 1.165) is 22.8 Å². The average molecular weight is 566 g/mol. The Labute approximate surface area is 239 Å². The van der Waals surface area contributed by atoms with Crippen LogP contribution in [-0.4, -0.2) is 53.8 Å². The van der Waals surface area contributed by atoms with E-state index in [9.17, 15) is 23.5 Å². The number of amides is 2. The summed E-state index contributed by atoms with van der Waals surface area (Å²) in [4.78, 5) is 26.3. The van der Waals surface area contributed by atoms with Crippen molar-refractivity contribution in [3.63, 3.8) is 0 Å². The number of carbonyl (C=O) groups is 2. The standard InChI is InChI=1S/C32H37F2N3O4/c1-21(2)25-10-7-11-26(15-25)32(19-37(20-32)31(40)41-18-23-8-5-4-6-9-23)35-17-30(39)29(36-22(3)38)14-24-12-27(33)16-28(34)13-24/h4-13,15-16,21,29-30,35,39H,14,17-20H2,1-3H3,(H,36,38)/t29-,30+/m0/s1. The number of nitrogens with zero attached hydrogens (tertiary/aromatic N) is 1. The van der Waals surface area contributed by atoms with E-state index < -0.39 is 35.4 Å². The molecule has 0 radical (unpaired) electrons. The van der Waals surface area contributed by atoms with Crippen LogP contribution in [0.2, 0.25) is 0 Å². The predicted molar refractivity (Wildman–Crippen MR) is 152 cm³/mol. The molecule has 0 aromatic heterocycles. The summed E-state index contributed by atoms with van der Waals surface area (Å²) in [6.45, 7) is 6.37. The first kappa shape index (κ1) is 30.1. The molecule has 1 saturated heterocycles. The number of carbonyl (C=O) groups excluding carboxylic acids is 2. The van der Waals surface area contributed by atoms with Gasteiger partial charge in [0.25, 0.3) is 0 Å². The fraction of sp³-hybridized carbons (Fsp3) is 0.375. The molecule has 0 unspecified atom stereocenters. The Morgan fingerprint density at radius 1 is 0.976 bits per heavy atom. The summed E-state index contributed by atoms with van der Waals surface area (Å²) < 4.78 is 33.1. The van der Waals surface area contributed by atoms with Gasteiger partial charge < -0.3 is 25.4 Å². The van der Waals surface area contributed by atoms with Crippen molar-refractivity contribution in [1.82, 2.24) is 15.5 Å². The molecule has 0 spiro atoms. The maximum absolute atomic E-state index is 13.8. The molecule has 0 bridgehead atoms. The minimum Gasteiger partial charge on any atom is -0.445 e. The Hall–Kier alpha value is -3.82. The van der Waals surface area contributed by atoms with Crippen LogP contribution in [0.1, 0.15) is 48.9 Å². The average Bonchev–Trinajstić information content (AvgIpc) is 2.90. The second-order valence-electron chi connectivity index (χ2n) is 11.0. The lowest BCUT2D eigenvalue weighted by Gasteiger charge is -2.51. The first-order chi connectivity index (χ1) is 19.5. The summed E-state index contributed by atoms with van der Waals surface area (Å²) in [5.74, 6) is -1.54. The molecule has 41 heavy (non-hydrogen) atoms. The van der Waals surface area contributed by atoms with E-state index in [0.29, 0.717) is 24.6 Å². The quantitative estimate of drug-likeness (QED) is 0.315. The minimum atomic E-state index is -1.09. The van der Waals surface area contributed by atoms with Gasteiger partial charge in [0.15, 0.2) is 0 Å². The van der Waals surface area contributed by atoms with Gasteiger partial charge in [-0.05, 0) is 46.7 Å². The molecule has 0 saturated carbocycles. The third-order valence-corrected chi connectivity index (χ3v) is 7.37. The van der Waals surface area contributed by atoms with Gasteiger partial charge in [0.2, 0.25) is 5.91 Å². The van der Waals surface area contributed by atoms with Crippen LogP contribution in [0.4, 0.5) is 13.6 Å². The number of benzene rings is 3. The molecule has 9 heteroatoms. The summed E-state index contributed by atoms with van der Waals surface area (Å²) in [6.07, 6.45) is -1.49. The van der Waals surface area contributed by atoms with E-state index in [1.54, 1.807) is 4.90 Å². The smallest absolute Gasteiger partial charge is 0.410 e. The first-order valence-corrected chi connectivity index (χ1v) is 13.8. The minimum absolute atomic E-state index is 0.0326. The fourth-order valence-electron chi connectivity index (χ4n) is 5.11. The predicted octanol–water partition coefficient (Wildman–Crippen LogP) is 4.63. The highest BCUT2D eigenvalue weighted by Gasteiger charge is 2.47. The molecule has 4 rings (SSSR count). The Morgan fingerprint density at radius 3 is 2.29 bits per heavy atom. The van der Waals surface area contributed by atoms with Crippen molar-refractivity contribution >= 4 is 12.0 Å². The van der Waals surface area contributed by atoms with Crippen LogP contribution in [0.5, 0.6) is 0 Å². The van der Waals surface area contributed by atoms with Crippen molar-refractivity contribution in [2.75, 3.05) is 19.6 Å². The first-order valence-electron chi connectivity index (χ1n) is 13.8. The number of likely N-dealkylation sites (tertiary alicyclic amines) is 1. The Bertz CT molecular complexity index is 1330. The molecule has 1 heterocycles. The summed E-state index contributed by atoms with van der Waals surface area (Å²) >= 11 is 0. The van der Waals surface area contributed by atoms with Gasteiger partial charge in [-0.15, -0.1) is 0 Å². The molecule has 1 aliphatic rings. The van der Waals surface area contributed by atoms with Crippen molar-refractivity contribution in [3.8, 4) is 0 Å².